The number of hydrogen-bond acceptors (Lipinski definition) is 7. The lowest BCUT2D eigenvalue weighted by atomic mass is 10.1. The first kappa shape index (κ1) is 22.9. The standard InChI is InChI=1S/C22H27NO7/c1-5-15-7-6-8-17(11-15)29-9-10-30-20(24)14-23-22(25)16-12-18(26-2)21(28-4)19(13-16)27-3/h6-8,11-13H,5,9-10,14H2,1-4H3,(H,23,25). The molecule has 2 aromatic rings. The Morgan fingerprint density at radius 2 is 1.63 bits per heavy atom. The lowest BCUT2D eigenvalue weighted by Crippen LogP contribution is -2.31. The molecular formula is C22H27NO7. The highest BCUT2D eigenvalue weighted by molar-refractivity contribution is 5.97. The Morgan fingerprint density at radius 1 is 0.933 bits per heavy atom. The molecule has 0 bridgehead atoms. The normalized spacial score (nSPS) is 10.1. The molecule has 0 spiro atoms. The van der Waals surface area contributed by atoms with Crippen LogP contribution >= 0.6 is 0 Å². The summed E-state index contributed by atoms with van der Waals surface area (Å²) < 4.78 is 26.3. The molecule has 0 saturated heterocycles. The van der Waals surface area contributed by atoms with Gasteiger partial charge in [0, 0.05) is 5.56 Å². The van der Waals surface area contributed by atoms with Crippen LogP contribution in [0.1, 0.15) is 22.8 Å². The molecule has 162 valence electrons. The Balaban J connectivity index is 1.80. The number of carbonyl (C=O) groups is 2. The first-order valence-corrected chi connectivity index (χ1v) is 9.47. The van der Waals surface area contributed by atoms with E-state index in [1.165, 1.54) is 39.0 Å². The number of methoxy groups -OCH3 is 3. The molecule has 0 aliphatic carbocycles. The number of carbonyl (C=O) groups excluding carboxylic acids is 2. The molecule has 30 heavy (non-hydrogen) atoms. The lowest BCUT2D eigenvalue weighted by molar-refractivity contribution is -0.143. The number of amides is 1. The summed E-state index contributed by atoms with van der Waals surface area (Å²) in [6.07, 6.45) is 0.915. The number of nitrogens with one attached hydrogen (secondary N) is 1. The smallest absolute Gasteiger partial charge is 0.325 e. The van der Waals surface area contributed by atoms with E-state index in [1.807, 2.05) is 24.3 Å². The average Bonchev–Trinajstić information content (AvgIpc) is 2.79. The number of hydrogen-bond donors (Lipinski definition) is 1. The molecule has 8 nitrogen and oxygen atoms in total. The summed E-state index contributed by atoms with van der Waals surface area (Å²) in [5.74, 6) is 0.741. The molecule has 0 fully saturated rings. The second-order valence-corrected chi connectivity index (χ2v) is 6.17. The summed E-state index contributed by atoms with van der Waals surface area (Å²) in [7, 11) is 4.38. The van der Waals surface area contributed by atoms with Gasteiger partial charge in [0.05, 0.1) is 21.3 Å². The number of rotatable bonds is 11. The van der Waals surface area contributed by atoms with Crippen molar-refractivity contribution < 1.29 is 33.3 Å². The van der Waals surface area contributed by atoms with E-state index in [4.69, 9.17) is 23.7 Å². The molecule has 0 aromatic heterocycles. The highest BCUT2D eigenvalue weighted by Crippen LogP contribution is 2.38. The van der Waals surface area contributed by atoms with Crippen LogP contribution in [0.4, 0.5) is 0 Å². The Hall–Kier alpha value is -3.42. The maximum Gasteiger partial charge on any atom is 0.325 e. The van der Waals surface area contributed by atoms with Crippen LogP contribution in [0.2, 0.25) is 0 Å². The SMILES string of the molecule is CCc1cccc(OCCOC(=O)CNC(=O)c2cc(OC)c(OC)c(OC)c2)c1. The first-order chi connectivity index (χ1) is 14.5. The zero-order valence-electron chi connectivity index (χ0n) is 17.7. The third-order valence-electron chi connectivity index (χ3n) is 4.24. The first-order valence-electron chi connectivity index (χ1n) is 9.47. The zero-order chi connectivity index (χ0) is 21.9. The van der Waals surface area contributed by atoms with Gasteiger partial charge in [0.15, 0.2) is 11.5 Å². The van der Waals surface area contributed by atoms with Crippen LogP contribution in [-0.2, 0) is 16.0 Å². The van der Waals surface area contributed by atoms with Gasteiger partial charge in [0.25, 0.3) is 5.91 Å². The molecule has 0 aliphatic heterocycles. The van der Waals surface area contributed by atoms with Crippen molar-refractivity contribution in [2.45, 2.75) is 13.3 Å². The highest BCUT2D eigenvalue weighted by atomic mass is 16.6. The number of ether oxygens (including phenoxy) is 5. The Bertz CT molecular complexity index is 841. The van der Waals surface area contributed by atoms with Crippen molar-refractivity contribution in [3.8, 4) is 23.0 Å². The predicted octanol–water partition coefficient (Wildman–Crippen LogP) is 2.63. The van der Waals surface area contributed by atoms with Gasteiger partial charge in [-0.15, -0.1) is 0 Å². The van der Waals surface area contributed by atoms with Crippen LogP contribution in [0.15, 0.2) is 36.4 Å². The molecule has 8 heteroatoms. The summed E-state index contributed by atoms with van der Waals surface area (Å²) in [4.78, 5) is 24.2. The third kappa shape index (κ3) is 6.30. The third-order valence-corrected chi connectivity index (χ3v) is 4.24. The molecule has 2 aromatic carbocycles. The van der Waals surface area contributed by atoms with Crippen molar-refractivity contribution >= 4 is 11.9 Å². The Kier molecular flexibility index (Phi) is 8.80. The van der Waals surface area contributed by atoms with E-state index in [0.29, 0.717) is 17.2 Å². The van der Waals surface area contributed by atoms with Crippen LogP contribution in [0.5, 0.6) is 23.0 Å². The molecule has 0 heterocycles. The molecule has 0 aliphatic rings. The average molecular weight is 417 g/mol. The molecular weight excluding hydrogens is 390 g/mol. The van der Waals surface area contributed by atoms with Gasteiger partial charge in [-0.3, -0.25) is 9.59 Å². The van der Waals surface area contributed by atoms with E-state index >= 15 is 0 Å². The molecule has 1 N–H and O–H groups in total. The van der Waals surface area contributed by atoms with Gasteiger partial charge < -0.3 is 29.0 Å². The van der Waals surface area contributed by atoms with Crippen molar-refractivity contribution in [3.63, 3.8) is 0 Å². The molecule has 2 rings (SSSR count). The fraction of sp³-hybridized carbons (Fsp3) is 0.364. The van der Waals surface area contributed by atoms with Crippen LogP contribution in [0.25, 0.3) is 0 Å². The summed E-state index contributed by atoms with van der Waals surface area (Å²) in [6, 6.07) is 10.7. The molecule has 0 unspecified atom stereocenters. The highest BCUT2D eigenvalue weighted by Gasteiger charge is 2.17. The Morgan fingerprint density at radius 3 is 2.23 bits per heavy atom. The van der Waals surface area contributed by atoms with Crippen molar-refractivity contribution in [1.82, 2.24) is 5.32 Å². The van der Waals surface area contributed by atoms with E-state index in [2.05, 4.69) is 12.2 Å². The number of benzene rings is 2. The zero-order valence-corrected chi connectivity index (χ0v) is 17.7. The summed E-state index contributed by atoms with van der Waals surface area (Å²) in [5, 5.41) is 2.51. The quantitative estimate of drug-likeness (QED) is 0.444. The van der Waals surface area contributed by atoms with E-state index in [-0.39, 0.29) is 25.3 Å². The van der Waals surface area contributed by atoms with Crippen LogP contribution < -0.4 is 24.3 Å². The van der Waals surface area contributed by atoms with Gasteiger partial charge >= 0.3 is 5.97 Å². The second kappa shape index (κ2) is 11.5. The minimum atomic E-state index is -0.568. The minimum absolute atomic E-state index is 0.0786. The monoisotopic (exact) mass is 417 g/mol. The van der Waals surface area contributed by atoms with Crippen LogP contribution in [0, 0.1) is 0 Å². The van der Waals surface area contributed by atoms with Crippen molar-refractivity contribution in [2.75, 3.05) is 41.1 Å². The van der Waals surface area contributed by atoms with Crippen molar-refractivity contribution in [3.05, 3.63) is 47.5 Å². The Labute approximate surface area is 176 Å². The molecule has 1 amide bonds. The van der Waals surface area contributed by atoms with Gasteiger partial charge in [0.2, 0.25) is 5.75 Å². The van der Waals surface area contributed by atoms with Crippen LogP contribution in [-0.4, -0.2) is 53.0 Å². The van der Waals surface area contributed by atoms with Crippen LogP contribution in [0.3, 0.4) is 0 Å². The second-order valence-electron chi connectivity index (χ2n) is 6.17. The van der Waals surface area contributed by atoms with Crippen molar-refractivity contribution in [2.24, 2.45) is 0 Å². The maximum atomic E-state index is 12.4. The summed E-state index contributed by atoms with van der Waals surface area (Å²) in [5.41, 5.74) is 1.43. The maximum absolute atomic E-state index is 12.4. The van der Waals surface area contributed by atoms with E-state index < -0.39 is 11.9 Å². The fourth-order valence-electron chi connectivity index (χ4n) is 2.69. The van der Waals surface area contributed by atoms with Gasteiger partial charge in [0.1, 0.15) is 25.5 Å². The minimum Gasteiger partial charge on any atom is -0.493 e. The number of esters is 1. The largest absolute Gasteiger partial charge is 0.493 e. The molecule has 0 radical (unpaired) electrons. The summed E-state index contributed by atoms with van der Waals surface area (Å²) in [6.45, 7) is 2.09. The predicted molar refractivity (Wildman–Crippen MR) is 111 cm³/mol. The van der Waals surface area contributed by atoms with E-state index in [1.54, 1.807) is 0 Å². The summed E-state index contributed by atoms with van der Waals surface area (Å²) >= 11 is 0. The topological polar surface area (TPSA) is 92.3 Å². The molecule has 0 atom stereocenters. The lowest BCUT2D eigenvalue weighted by Gasteiger charge is -2.14. The van der Waals surface area contributed by atoms with Crippen molar-refractivity contribution in [1.29, 1.82) is 0 Å². The number of aryl methyl sites for hydroxylation is 1. The van der Waals surface area contributed by atoms with Gasteiger partial charge in [-0.1, -0.05) is 19.1 Å². The fourth-order valence-corrected chi connectivity index (χ4v) is 2.69. The van der Waals surface area contributed by atoms with Gasteiger partial charge in [-0.2, -0.15) is 0 Å². The van der Waals surface area contributed by atoms with Gasteiger partial charge in [-0.25, -0.2) is 0 Å². The van der Waals surface area contributed by atoms with E-state index in [9.17, 15) is 9.59 Å². The molecule has 0 saturated carbocycles. The van der Waals surface area contributed by atoms with Gasteiger partial charge in [-0.05, 0) is 36.2 Å². The van der Waals surface area contributed by atoms with E-state index in [0.717, 1.165) is 12.2 Å².